The van der Waals surface area contributed by atoms with Gasteiger partial charge in [-0.3, -0.25) is 25.2 Å². The number of amides is 3. The smallest absolute Gasteiger partial charge is 0.328 e. The molecule has 0 fully saturated rings. The zero-order chi connectivity index (χ0) is 16.7. The highest BCUT2D eigenvalue weighted by Gasteiger charge is 2.15. The predicted octanol–water partition coefficient (Wildman–Crippen LogP) is 1.09. The number of carbonyl (C=O) groups is 3. The second-order valence-corrected chi connectivity index (χ2v) is 4.46. The van der Waals surface area contributed by atoms with Crippen molar-refractivity contribution in [3.8, 4) is 5.75 Å². The number of hydrogen-bond acceptors (Lipinski definition) is 4. The highest BCUT2D eigenvalue weighted by molar-refractivity contribution is 6.39. The van der Waals surface area contributed by atoms with Crippen LogP contribution in [0.2, 0.25) is 0 Å². The van der Waals surface area contributed by atoms with Crippen LogP contribution >= 0.6 is 0 Å². The van der Waals surface area contributed by atoms with Gasteiger partial charge in [0.05, 0.1) is 7.11 Å². The number of ether oxygens (including phenoxy) is 1. The Balaban J connectivity index is 1.85. The third kappa shape index (κ3) is 4.57. The highest BCUT2D eigenvalue weighted by Crippen LogP contribution is 2.10. The lowest BCUT2D eigenvalue weighted by molar-refractivity contribution is -0.136. The van der Waals surface area contributed by atoms with Crippen LogP contribution in [-0.2, 0) is 9.59 Å². The molecule has 3 amide bonds. The molecule has 7 heteroatoms. The molecule has 0 spiro atoms. The number of carbonyl (C=O) groups excluding carboxylic acids is 3. The van der Waals surface area contributed by atoms with Crippen molar-refractivity contribution < 1.29 is 19.1 Å². The van der Waals surface area contributed by atoms with Crippen LogP contribution in [0.1, 0.15) is 10.4 Å². The molecule has 0 bridgehead atoms. The van der Waals surface area contributed by atoms with Crippen molar-refractivity contribution in [2.75, 3.05) is 12.4 Å². The summed E-state index contributed by atoms with van der Waals surface area (Å²) in [5.41, 5.74) is 5.01. The number of benzene rings is 2. The number of methoxy groups -OCH3 is 1. The molecule has 2 rings (SSSR count). The molecule has 7 nitrogen and oxygen atoms in total. The molecule has 0 aromatic heterocycles. The van der Waals surface area contributed by atoms with Gasteiger partial charge in [-0.15, -0.1) is 0 Å². The fourth-order valence-corrected chi connectivity index (χ4v) is 1.69. The number of hydrogen-bond donors (Lipinski definition) is 3. The molecule has 2 aromatic rings. The van der Waals surface area contributed by atoms with Crippen LogP contribution < -0.4 is 20.9 Å². The largest absolute Gasteiger partial charge is 0.497 e. The molecule has 23 heavy (non-hydrogen) atoms. The van der Waals surface area contributed by atoms with E-state index in [-0.39, 0.29) is 0 Å². The average Bonchev–Trinajstić information content (AvgIpc) is 2.60. The summed E-state index contributed by atoms with van der Waals surface area (Å²) in [5.74, 6) is -1.80. The summed E-state index contributed by atoms with van der Waals surface area (Å²) in [5, 5.41) is 2.40. The second kappa shape index (κ2) is 7.60. The van der Waals surface area contributed by atoms with E-state index in [9.17, 15) is 14.4 Å². The minimum atomic E-state index is -0.976. The Labute approximate surface area is 132 Å². The van der Waals surface area contributed by atoms with Crippen LogP contribution in [0, 0.1) is 0 Å². The summed E-state index contributed by atoms with van der Waals surface area (Å²) < 4.78 is 4.98. The molecule has 0 saturated carbocycles. The van der Waals surface area contributed by atoms with Crippen LogP contribution in [-0.4, -0.2) is 24.8 Å². The molecule has 0 atom stereocenters. The van der Waals surface area contributed by atoms with Gasteiger partial charge in [-0.25, -0.2) is 0 Å². The summed E-state index contributed by atoms with van der Waals surface area (Å²) in [4.78, 5) is 35.1. The first-order valence-corrected chi connectivity index (χ1v) is 6.71. The Morgan fingerprint density at radius 3 is 2.09 bits per heavy atom. The Bertz CT molecular complexity index is 699. The van der Waals surface area contributed by atoms with Gasteiger partial charge in [0, 0.05) is 11.3 Å². The van der Waals surface area contributed by atoms with Gasteiger partial charge in [0.1, 0.15) is 5.75 Å². The van der Waals surface area contributed by atoms with Gasteiger partial charge in [-0.2, -0.15) is 0 Å². The summed E-state index contributed by atoms with van der Waals surface area (Å²) in [7, 11) is 1.51. The Kier molecular flexibility index (Phi) is 5.30. The molecule has 0 radical (unpaired) electrons. The first-order valence-electron chi connectivity index (χ1n) is 6.71. The maximum absolute atomic E-state index is 11.8. The van der Waals surface area contributed by atoms with Crippen molar-refractivity contribution in [3.63, 3.8) is 0 Å². The standard InChI is InChI=1S/C16H15N3O4/c1-23-13-9-7-11(8-10-13)14(20)18-19-16(22)15(21)17-12-5-3-2-4-6-12/h2-10H,1H3,(H,17,21)(H,18,20)(H,19,22). The van der Waals surface area contributed by atoms with Crippen molar-refractivity contribution in [3.05, 3.63) is 60.2 Å². The zero-order valence-corrected chi connectivity index (χ0v) is 12.3. The maximum Gasteiger partial charge on any atom is 0.328 e. The van der Waals surface area contributed by atoms with Crippen LogP contribution in [0.15, 0.2) is 54.6 Å². The van der Waals surface area contributed by atoms with E-state index in [0.717, 1.165) is 0 Å². The first kappa shape index (κ1) is 16.0. The third-order valence-corrected chi connectivity index (χ3v) is 2.88. The van der Waals surface area contributed by atoms with E-state index < -0.39 is 17.7 Å². The van der Waals surface area contributed by atoms with Gasteiger partial charge < -0.3 is 10.1 Å². The maximum atomic E-state index is 11.8. The van der Waals surface area contributed by atoms with Gasteiger partial charge in [0.2, 0.25) is 0 Å². The average molecular weight is 313 g/mol. The molecule has 0 aliphatic rings. The number of hydrazine groups is 1. The molecule has 0 heterocycles. The highest BCUT2D eigenvalue weighted by atomic mass is 16.5. The molecular formula is C16H15N3O4. The minimum Gasteiger partial charge on any atom is -0.497 e. The topological polar surface area (TPSA) is 96.5 Å². The lowest BCUT2D eigenvalue weighted by atomic mass is 10.2. The molecule has 2 aromatic carbocycles. The van der Waals surface area contributed by atoms with Gasteiger partial charge in [0.15, 0.2) is 0 Å². The fraction of sp³-hybridized carbons (Fsp3) is 0.0625. The summed E-state index contributed by atoms with van der Waals surface area (Å²) in [6.07, 6.45) is 0. The molecule has 0 unspecified atom stereocenters. The van der Waals surface area contributed by atoms with Gasteiger partial charge in [0.25, 0.3) is 5.91 Å². The van der Waals surface area contributed by atoms with Gasteiger partial charge in [-0.05, 0) is 36.4 Å². The van der Waals surface area contributed by atoms with Gasteiger partial charge in [-0.1, -0.05) is 18.2 Å². The lowest BCUT2D eigenvalue weighted by Crippen LogP contribution is -2.46. The SMILES string of the molecule is COc1ccc(C(=O)NNC(=O)C(=O)Nc2ccccc2)cc1. The van der Waals surface area contributed by atoms with E-state index in [1.54, 1.807) is 42.5 Å². The third-order valence-electron chi connectivity index (χ3n) is 2.88. The number of nitrogens with one attached hydrogen (secondary N) is 3. The van der Waals surface area contributed by atoms with Crippen molar-refractivity contribution in [1.82, 2.24) is 10.9 Å². The molecule has 0 saturated heterocycles. The molecule has 0 aliphatic carbocycles. The first-order chi connectivity index (χ1) is 11.1. The van der Waals surface area contributed by atoms with E-state index >= 15 is 0 Å². The van der Waals surface area contributed by atoms with Crippen LogP contribution in [0.3, 0.4) is 0 Å². The molecule has 0 aliphatic heterocycles. The fourth-order valence-electron chi connectivity index (χ4n) is 1.69. The van der Waals surface area contributed by atoms with E-state index in [0.29, 0.717) is 17.0 Å². The van der Waals surface area contributed by atoms with E-state index in [4.69, 9.17) is 4.74 Å². The van der Waals surface area contributed by atoms with Crippen molar-refractivity contribution in [2.45, 2.75) is 0 Å². The normalized spacial score (nSPS) is 9.61. The Morgan fingerprint density at radius 2 is 1.48 bits per heavy atom. The van der Waals surface area contributed by atoms with Crippen LogP contribution in [0.25, 0.3) is 0 Å². The summed E-state index contributed by atoms with van der Waals surface area (Å²) in [6, 6.07) is 14.8. The van der Waals surface area contributed by atoms with E-state index in [1.165, 1.54) is 19.2 Å². The Morgan fingerprint density at radius 1 is 0.826 bits per heavy atom. The van der Waals surface area contributed by atoms with Crippen LogP contribution in [0.5, 0.6) is 5.75 Å². The monoisotopic (exact) mass is 313 g/mol. The number of rotatable bonds is 3. The van der Waals surface area contributed by atoms with Gasteiger partial charge >= 0.3 is 11.8 Å². The van der Waals surface area contributed by atoms with Crippen molar-refractivity contribution >= 4 is 23.4 Å². The molecule has 118 valence electrons. The van der Waals surface area contributed by atoms with E-state index in [2.05, 4.69) is 10.7 Å². The lowest BCUT2D eigenvalue weighted by Gasteiger charge is -2.08. The van der Waals surface area contributed by atoms with Crippen molar-refractivity contribution in [2.24, 2.45) is 0 Å². The van der Waals surface area contributed by atoms with Crippen molar-refractivity contribution in [1.29, 1.82) is 0 Å². The van der Waals surface area contributed by atoms with Crippen LogP contribution in [0.4, 0.5) is 5.69 Å². The molecular weight excluding hydrogens is 298 g/mol. The minimum absolute atomic E-state index is 0.314. The zero-order valence-electron chi connectivity index (χ0n) is 12.3. The quantitative estimate of drug-likeness (QED) is 0.584. The molecule has 3 N–H and O–H groups in total. The predicted molar refractivity (Wildman–Crippen MR) is 83.7 cm³/mol. The second-order valence-electron chi connectivity index (χ2n) is 4.46. The van der Waals surface area contributed by atoms with E-state index in [1.807, 2.05) is 5.43 Å². The summed E-state index contributed by atoms with van der Waals surface area (Å²) in [6.45, 7) is 0. The number of anilines is 1. The summed E-state index contributed by atoms with van der Waals surface area (Å²) >= 11 is 0. The Hall–Kier alpha value is -3.35. The number of para-hydroxylation sites is 1.